The summed E-state index contributed by atoms with van der Waals surface area (Å²) in [6.45, 7) is 0.925. The van der Waals surface area contributed by atoms with Gasteiger partial charge in [0, 0.05) is 13.1 Å². The predicted molar refractivity (Wildman–Crippen MR) is 46.4 cm³/mol. The smallest absolute Gasteiger partial charge is 0.407 e. The van der Waals surface area contributed by atoms with Crippen molar-refractivity contribution in [2.24, 2.45) is 11.8 Å². The van der Waals surface area contributed by atoms with E-state index in [0.717, 1.165) is 0 Å². The highest BCUT2D eigenvalue weighted by Crippen LogP contribution is 2.43. The number of nitrogens with zero attached hydrogens (tertiary/aromatic N) is 2. The molecule has 5 heteroatoms. The molecule has 0 spiro atoms. The molecule has 0 radical (unpaired) electrons. The third kappa shape index (κ3) is 1.32. The molecule has 2 N–H and O–H groups in total. The van der Waals surface area contributed by atoms with Gasteiger partial charge in [0.05, 0.1) is 6.07 Å². The van der Waals surface area contributed by atoms with Crippen LogP contribution in [0.15, 0.2) is 0 Å². The van der Waals surface area contributed by atoms with Gasteiger partial charge in [0.1, 0.15) is 0 Å². The van der Waals surface area contributed by atoms with Gasteiger partial charge in [-0.1, -0.05) is 0 Å². The van der Waals surface area contributed by atoms with E-state index in [4.69, 9.17) is 10.4 Å². The minimum Gasteiger partial charge on any atom is -0.465 e. The maximum Gasteiger partial charge on any atom is 0.407 e. The van der Waals surface area contributed by atoms with Gasteiger partial charge in [0.2, 0.25) is 0 Å². The van der Waals surface area contributed by atoms with Gasteiger partial charge in [-0.3, -0.25) is 0 Å². The molecule has 1 saturated heterocycles. The van der Waals surface area contributed by atoms with Gasteiger partial charge in [-0.15, -0.1) is 0 Å². The molecule has 5 nitrogen and oxygen atoms in total. The van der Waals surface area contributed by atoms with E-state index in [1.165, 1.54) is 4.90 Å². The molecule has 1 heterocycles. The molecule has 1 saturated carbocycles. The average Bonchev–Trinajstić information content (AvgIpc) is 2.59. The summed E-state index contributed by atoms with van der Waals surface area (Å²) in [5, 5.41) is 27.2. The normalized spacial score (nSPS) is 40.7. The topological polar surface area (TPSA) is 84.6 Å². The Morgan fingerprint density at radius 2 is 1.93 bits per heavy atom. The lowest BCUT2D eigenvalue weighted by Crippen LogP contribution is -2.31. The van der Waals surface area contributed by atoms with Crippen LogP contribution < -0.4 is 0 Å². The molecule has 76 valence electrons. The van der Waals surface area contributed by atoms with Crippen LogP contribution in [-0.4, -0.2) is 39.9 Å². The van der Waals surface area contributed by atoms with Gasteiger partial charge in [-0.2, -0.15) is 5.26 Å². The lowest BCUT2D eigenvalue weighted by atomic mass is 10.0. The maximum absolute atomic E-state index is 10.7. The first kappa shape index (κ1) is 9.28. The fourth-order valence-corrected chi connectivity index (χ4v) is 2.60. The SMILES string of the molecule is N#C[C@@]1(O)C[C@H]2CN(C(=O)O)C[C@H]2C1. The van der Waals surface area contributed by atoms with Crippen LogP contribution in [0.4, 0.5) is 4.79 Å². The molecular weight excluding hydrogens is 184 g/mol. The molecule has 0 bridgehead atoms. The van der Waals surface area contributed by atoms with Crippen LogP contribution in [0.3, 0.4) is 0 Å². The number of carbonyl (C=O) groups is 1. The summed E-state index contributed by atoms with van der Waals surface area (Å²) >= 11 is 0. The molecule has 3 atom stereocenters. The lowest BCUT2D eigenvalue weighted by Gasteiger charge is -2.17. The third-order valence-electron chi connectivity index (χ3n) is 3.25. The zero-order valence-corrected chi connectivity index (χ0v) is 7.68. The molecule has 0 aromatic rings. The molecule has 14 heavy (non-hydrogen) atoms. The molecule has 0 aromatic carbocycles. The summed E-state index contributed by atoms with van der Waals surface area (Å²) in [5.41, 5.74) is -1.21. The van der Waals surface area contributed by atoms with Crippen molar-refractivity contribution in [2.45, 2.75) is 18.4 Å². The van der Waals surface area contributed by atoms with E-state index < -0.39 is 11.7 Å². The van der Waals surface area contributed by atoms with Crippen molar-refractivity contribution in [1.29, 1.82) is 5.26 Å². The summed E-state index contributed by atoms with van der Waals surface area (Å²) in [7, 11) is 0. The fourth-order valence-electron chi connectivity index (χ4n) is 2.60. The van der Waals surface area contributed by atoms with Crippen molar-refractivity contribution in [3.63, 3.8) is 0 Å². The lowest BCUT2D eigenvalue weighted by molar-refractivity contribution is 0.0895. The average molecular weight is 196 g/mol. The van der Waals surface area contributed by atoms with Crippen LogP contribution in [-0.2, 0) is 0 Å². The van der Waals surface area contributed by atoms with E-state index in [2.05, 4.69) is 0 Å². The summed E-state index contributed by atoms with van der Waals surface area (Å²) in [4.78, 5) is 12.0. The quantitative estimate of drug-likeness (QED) is 0.544. The van der Waals surface area contributed by atoms with Crippen LogP contribution >= 0.6 is 0 Å². The summed E-state index contributed by atoms with van der Waals surface area (Å²) < 4.78 is 0. The second-order valence-electron chi connectivity index (χ2n) is 4.26. The van der Waals surface area contributed by atoms with E-state index in [1.807, 2.05) is 6.07 Å². The first-order valence-corrected chi connectivity index (χ1v) is 4.65. The highest BCUT2D eigenvalue weighted by atomic mass is 16.4. The first-order valence-electron chi connectivity index (χ1n) is 4.65. The Morgan fingerprint density at radius 1 is 1.43 bits per heavy atom. The van der Waals surface area contributed by atoms with Gasteiger partial charge in [-0.05, 0) is 24.7 Å². The molecule has 2 fully saturated rings. The number of likely N-dealkylation sites (tertiary alicyclic amines) is 1. The molecule has 0 unspecified atom stereocenters. The summed E-state index contributed by atoms with van der Waals surface area (Å²) in [6.07, 6.45) is -0.0736. The van der Waals surface area contributed by atoms with E-state index in [1.54, 1.807) is 0 Å². The summed E-state index contributed by atoms with van der Waals surface area (Å²) in [6, 6.07) is 1.90. The molecule has 1 aliphatic carbocycles. The van der Waals surface area contributed by atoms with Gasteiger partial charge >= 0.3 is 6.09 Å². The minimum absolute atomic E-state index is 0.163. The second kappa shape index (κ2) is 2.85. The number of hydrogen-bond acceptors (Lipinski definition) is 3. The molecule has 0 aromatic heterocycles. The van der Waals surface area contributed by atoms with E-state index in [0.29, 0.717) is 25.9 Å². The van der Waals surface area contributed by atoms with Crippen LogP contribution in [0.1, 0.15) is 12.8 Å². The Morgan fingerprint density at radius 3 is 2.29 bits per heavy atom. The third-order valence-corrected chi connectivity index (χ3v) is 3.25. The highest BCUT2D eigenvalue weighted by Gasteiger charge is 2.49. The van der Waals surface area contributed by atoms with Crippen molar-refractivity contribution in [3.8, 4) is 6.07 Å². The maximum atomic E-state index is 10.7. The molecule has 2 rings (SSSR count). The van der Waals surface area contributed by atoms with Gasteiger partial charge < -0.3 is 15.1 Å². The number of nitriles is 1. The Labute approximate surface area is 81.5 Å². The van der Waals surface area contributed by atoms with Crippen molar-refractivity contribution in [3.05, 3.63) is 0 Å². The Kier molecular flexibility index (Phi) is 1.89. The van der Waals surface area contributed by atoms with Crippen LogP contribution in [0, 0.1) is 23.2 Å². The van der Waals surface area contributed by atoms with Crippen molar-refractivity contribution in [2.75, 3.05) is 13.1 Å². The minimum atomic E-state index is -1.21. The number of amides is 1. The first-order chi connectivity index (χ1) is 6.54. The standard InChI is InChI=1S/C9H12N2O3/c10-5-9(14)1-6-3-11(8(12)13)4-7(6)2-9/h6-7,14H,1-4H2,(H,12,13)/t6-,7+,9+. The number of fused-ring (bicyclic) bond motifs is 1. The molecule has 1 amide bonds. The van der Waals surface area contributed by atoms with Gasteiger partial charge in [-0.25, -0.2) is 4.79 Å². The Hall–Kier alpha value is -1.28. The zero-order valence-electron chi connectivity index (χ0n) is 7.68. The number of aliphatic hydroxyl groups is 1. The largest absolute Gasteiger partial charge is 0.465 e. The van der Waals surface area contributed by atoms with E-state index in [-0.39, 0.29) is 11.8 Å². The van der Waals surface area contributed by atoms with Crippen LogP contribution in [0.25, 0.3) is 0 Å². The van der Waals surface area contributed by atoms with Crippen LogP contribution in [0.2, 0.25) is 0 Å². The van der Waals surface area contributed by atoms with Crippen LogP contribution in [0.5, 0.6) is 0 Å². The number of rotatable bonds is 0. The van der Waals surface area contributed by atoms with E-state index in [9.17, 15) is 9.90 Å². The van der Waals surface area contributed by atoms with E-state index >= 15 is 0 Å². The second-order valence-corrected chi connectivity index (χ2v) is 4.26. The van der Waals surface area contributed by atoms with Crippen molar-refractivity contribution < 1.29 is 15.0 Å². The van der Waals surface area contributed by atoms with Gasteiger partial charge in [0.25, 0.3) is 0 Å². The van der Waals surface area contributed by atoms with Crippen molar-refractivity contribution in [1.82, 2.24) is 4.90 Å². The number of hydrogen-bond donors (Lipinski definition) is 2. The monoisotopic (exact) mass is 196 g/mol. The highest BCUT2D eigenvalue weighted by molar-refractivity contribution is 5.65. The molecule has 2 aliphatic rings. The Balaban J connectivity index is 2.04. The summed E-state index contributed by atoms with van der Waals surface area (Å²) in [5.74, 6) is 0.325. The predicted octanol–water partition coefficient (Wildman–Crippen LogP) is 0.261. The number of carboxylic acid groups (broad SMARTS) is 1. The molecule has 1 aliphatic heterocycles. The molecular formula is C9H12N2O3. The Bertz CT molecular complexity index is 296. The van der Waals surface area contributed by atoms with Gasteiger partial charge in [0.15, 0.2) is 5.60 Å². The van der Waals surface area contributed by atoms with Crippen molar-refractivity contribution >= 4 is 6.09 Å². The fraction of sp³-hybridized carbons (Fsp3) is 0.778. The zero-order chi connectivity index (χ0) is 10.3.